The van der Waals surface area contributed by atoms with Gasteiger partial charge in [0.05, 0.1) is 10.8 Å². The van der Waals surface area contributed by atoms with E-state index in [1.165, 1.54) is 61.2 Å². The maximum Gasteiger partial charge on any atom is 0.193 e. The third kappa shape index (κ3) is 4.03. The summed E-state index contributed by atoms with van der Waals surface area (Å²) < 4.78 is 6.88. The molecule has 0 bridgehead atoms. The zero-order valence-corrected chi connectivity index (χ0v) is 31.9. The van der Waals surface area contributed by atoms with Gasteiger partial charge in [0, 0.05) is 27.5 Å². The van der Waals surface area contributed by atoms with Gasteiger partial charge in [0.15, 0.2) is 5.78 Å². The molecule has 2 nitrogen and oxygen atoms in total. The molecule has 59 heavy (non-hydrogen) atoms. The lowest BCUT2D eigenvalue weighted by molar-refractivity contribution is 0.103. The molecule has 1 heterocycles. The van der Waals surface area contributed by atoms with E-state index in [1.807, 2.05) is 24.3 Å². The summed E-state index contributed by atoms with van der Waals surface area (Å²) in [5.41, 5.74) is 18.9. The van der Waals surface area contributed by atoms with Crippen LogP contribution in [-0.2, 0) is 10.8 Å². The molecule has 274 valence electrons. The molecule has 2 heteroatoms. The summed E-state index contributed by atoms with van der Waals surface area (Å²) in [7, 11) is 0. The number of benzene rings is 9. The van der Waals surface area contributed by atoms with Crippen molar-refractivity contribution in [3.05, 3.63) is 262 Å². The van der Waals surface area contributed by atoms with Gasteiger partial charge in [-0.15, -0.1) is 0 Å². The van der Waals surface area contributed by atoms with Gasteiger partial charge >= 0.3 is 0 Å². The maximum atomic E-state index is 14.8. The maximum absolute atomic E-state index is 14.8. The first kappa shape index (κ1) is 32.5. The minimum atomic E-state index is -0.580. The van der Waals surface area contributed by atoms with Crippen molar-refractivity contribution in [3.63, 3.8) is 0 Å². The van der Waals surface area contributed by atoms with Gasteiger partial charge in [-0.25, -0.2) is 0 Å². The van der Waals surface area contributed by atoms with Crippen molar-refractivity contribution in [3.8, 4) is 33.4 Å². The molecule has 0 saturated carbocycles. The Morgan fingerprint density at radius 1 is 0.356 bits per heavy atom. The van der Waals surface area contributed by atoms with Crippen molar-refractivity contribution in [2.45, 2.75) is 10.8 Å². The first-order valence-corrected chi connectivity index (χ1v) is 20.4. The van der Waals surface area contributed by atoms with Crippen LogP contribution in [0.15, 0.2) is 211 Å². The highest BCUT2D eigenvalue weighted by Gasteiger charge is 2.52. The fraction of sp³-hybridized carbons (Fsp3) is 0.0351. The van der Waals surface area contributed by atoms with E-state index in [9.17, 15) is 4.79 Å². The van der Waals surface area contributed by atoms with Crippen molar-refractivity contribution in [1.82, 2.24) is 0 Å². The van der Waals surface area contributed by atoms with E-state index in [-0.39, 0.29) is 5.78 Å². The van der Waals surface area contributed by atoms with Gasteiger partial charge in [-0.3, -0.25) is 4.79 Å². The summed E-state index contributed by atoms with van der Waals surface area (Å²) in [5, 5.41) is 1.95. The molecular formula is C57H34O2. The second-order valence-corrected chi connectivity index (χ2v) is 16.2. The molecule has 13 rings (SSSR count). The Balaban J connectivity index is 0.986. The Bertz CT molecular complexity index is 3320. The lowest BCUT2D eigenvalue weighted by atomic mass is 9.67. The Morgan fingerprint density at radius 3 is 1.44 bits per heavy atom. The van der Waals surface area contributed by atoms with E-state index < -0.39 is 10.8 Å². The van der Waals surface area contributed by atoms with Crippen LogP contribution in [-0.4, -0.2) is 5.78 Å². The fourth-order valence-corrected chi connectivity index (χ4v) is 11.3. The molecule has 1 aromatic heterocycles. The molecule has 3 aliphatic rings. The summed E-state index contributed by atoms with van der Waals surface area (Å²) >= 11 is 0. The topological polar surface area (TPSA) is 30.2 Å². The van der Waals surface area contributed by atoms with Crippen molar-refractivity contribution in [2.75, 3.05) is 0 Å². The molecule has 0 atom stereocenters. The molecule has 3 aliphatic carbocycles. The predicted octanol–water partition coefficient (Wildman–Crippen LogP) is 13.5. The SMILES string of the molecule is O=C(c1ccc2c(c1)C(c1ccccc1)(c1ccccc1)c1ccccc1-2)c1ccc2oc3c4c(ccc3c2c1)C1(c2ccccc2-c2ccccc21)c1ccccc1-4. The molecule has 1 spiro atoms. The second kappa shape index (κ2) is 11.8. The largest absolute Gasteiger partial charge is 0.455 e. The quantitative estimate of drug-likeness (QED) is 0.168. The van der Waals surface area contributed by atoms with E-state index in [0.29, 0.717) is 11.1 Å². The lowest BCUT2D eigenvalue weighted by Gasteiger charge is -2.34. The zero-order valence-electron chi connectivity index (χ0n) is 31.9. The second-order valence-electron chi connectivity index (χ2n) is 16.2. The summed E-state index contributed by atoms with van der Waals surface area (Å²) in [6.45, 7) is 0. The van der Waals surface area contributed by atoms with Crippen LogP contribution in [0.5, 0.6) is 0 Å². The highest BCUT2D eigenvalue weighted by Crippen LogP contribution is 2.64. The molecule has 0 radical (unpaired) electrons. The number of furan rings is 1. The van der Waals surface area contributed by atoms with Crippen LogP contribution >= 0.6 is 0 Å². The smallest absolute Gasteiger partial charge is 0.193 e. The zero-order chi connectivity index (χ0) is 38.9. The van der Waals surface area contributed by atoms with E-state index in [4.69, 9.17) is 4.42 Å². The first-order valence-electron chi connectivity index (χ1n) is 20.4. The highest BCUT2D eigenvalue weighted by atomic mass is 16.3. The van der Waals surface area contributed by atoms with Crippen molar-refractivity contribution >= 4 is 27.7 Å². The van der Waals surface area contributed by atoms with Gasteiger partial charge in [0.2, 0.25) is 0 Å². The summed E-state index contributed by atoms with van der Waals surface area (Å²) in [4.78, 5) is 14.8. The average molecular weight is 751 g/mol. The minimum absolute atomic E-state index is 0.0142. The van der Waals surface area contributed by atoms with Crippen LogP contribution in [0.25, 0.3) is 55.3 Å². The normalized spacial score (nSPS) is 14.4. The van der Waals surface area contributed by atoms with Crippen LogP contribution in [0.1, 0.15) is 60.4 Å². The molecular weight excluding hydrogens is 717 g/mol. The first-order chi connectivity index (χ1) is 29.2. The van der Waals surface area contributed by atoms with Gasteiger partial charge in [0.1, 0.15) is 11.2 Å². The van der Waals surface area contributed by atoms with Crippen LogP contribution in [0.4, 0.5) is 0 Å². The van der Waals surface area contributed by atoms with Crippen molar-refractivity contribution in [1.29, 1.82) is 0 Å². The highest BCUT2D eigenvalue weighted by molar-refractivity contribution is 6.17. The Morgan fingerprint density at radius 2 is 0.831 bits per heavy atom. The average Bonchev–Trinajstić information content (AvgIpc) is 4.01. The number of carbonyl (C=O) groups excluding carboxylic acids is 1. The molecule has 0 unspecified atom stereocenters. The van der Waals surface area contributed by atoms with Gasteiger partial charge in [0.25, 0.3) is 0 Å². The van der Waals surface area contributed by atoms with Gasteiger partial charge in [-0.05, 0) is 96.6 Å². The van der Waals surface area contributed by atoms with Gasteiger partial charge in [-0.1, -0.05) is 182 Å². The molecule has 0 amide bonds. The third-order valence-electron chi connectivity index (χ3n) is 13.6. The fourth-order valence-electron chi connectivity index (χ4n) is 11.3. The number of fused-ring (bicyclic) bond motifs is 17. The molecule has 9 aromatic carbocycles. The van der Waals surface area contributed by atoms with E-state index >= 15 is 0 Å². The summed E-state index contributed by atoms with van der Waals surface area (Å²) in [6.07, 6.45) is 0. The van der Waals surface area contributed by atoms with Gasteiger partial charge in [-0.2, -0.15) is 0 Å². The molecule has 10 aromatic rings. The third-order valence-corrected chi connectivity index (χ3v) is 13.6. The number of hydrogen-bond donors (Lipinski definition) is 0. The van der Waals surface area contributed by atoms with Crippen LogP contribution < -0.4 is 0 Å². The number of hydrogen-bond acceptors (Lipinski definition) is 2. The van der Waals surface area contributed by atoms with E-state index in [1.54, 1.807) is 0 Å². The predicted molar refractivity (Wildman–Crippen MR) is 237 cm³/mol. The van der Waals surface area contributed by atoms with Crippen LogP contribution in [0.2, 0.25) is 0 Å². The lowest BCUT2D eigenvalue weighted by Crippen LogP contribution is -2.28. The molecule has 0 saturated heterocycles. The Labute approximate surface area is 341 Å². The Hall–Kier alpha value is -7.55. The van der Waals surface area contributed by atoms with Crippen LogP contribution in [0.3, 0.4) is 0 Å². The number of rotatable bonds is 4. The summed E-state index contributed by atoms with van der Waals surface area (Å²) in [6, 6.07) is 73.4. The van der Waals surface area contributed by atoms with Gasteiger partial charge < -0.3 is 4.42 Å². The number of carbonyl (C=O) groups is 1. The molecule has 0 aliphatic heterocycles. The minimum Gasteiger partial charge on any atom is -0.455 e. The Kier molecular flexibility index (Phi) is 6.48. The molecule has 0 N–H and O–H groups in total. The van der Waals surface area contributed by atoms with Crippen molar-refractivity contribution < 1.29 is 9.21 Å². The monoisotopic (exact) mass is 750 g/mol. The number of ketones is 1. The molecule has 0 fully saturated rings. The summed E-state index contributed by atoms with van der Waals surface area (Å²) in [5.74, 6) is -0.0142. The standard InChI is InChI=1S/C57H34O2/c58-54(36-27-29-42-41-21-7-11-23-46(41)56(51(42)34-36,37-15-3-1-4-16-37)38-17-5-2-6-18-38)35-28-32-52-45(33-35)43-30-31-50-53(55(43)59-52)44-22-10-14-26-49(44)57(50)47-24-12-8-19-39(47)40-20-9-13-25-48(40)57/h1-34H. The van der Waals surface area contributed by atoms with E-state index in [0.717, 1.165) is 38.6 Å². The van der Waals surface area contributed by atoms with Crippen LogP contribution in [0, 0.1) is 0 Å². The van der Waals surface area contributed by atoms with Crippen molar-refractivity contribution in [2.24, 2.45) is 0 Å². The van der Waals surface area contributed by atoms with E-state index in [2.05, 4.69) is 182 Å².